The summed E-state index contributed by atoms with van der Waals surface area (Å²) in [5, 5.41) is 44.8. The summed E-state index contributed by atoms with van der Waals surface area (Å²) in [6, 6.07) is 4.37. The number of amides is 1. The molecule has 1 saturated carbocycles. The van der Waals surface area contributed by atoms with Crippen LogP contribution < -0.4 is 0 Å². The zero-order valence-corrected chi connectivity index (χ0v) is 37.8. The van der Waals surface area contributed by atoms with Crippen LogP contribution in [-0.4, -0.2) is 130 Å². The summed E-state index contributed by atoms with van der Waals surface area (Å²) >= 11 is 0. The van der Waals surface area contributed by atoms with E-state index in [1.807, 2.05) is 49.4 Å². The van der Waals surface area contributed by atoms with Gasteiger partial charge in [0.25, 0.3) is 11.7 Å². The van der Waals surface area contributed by atoms with Crippen molar-refractivity contribution >= 4 is 29.5 Å². The van der Waals surface area contributed by atoms with Gasteiger partial charge in [-0.15, -0.1) is 0 Å². The zero-order chi connectivity index (χ0) is 45.6. The van der Waals surface area contributed by atoms with Gasteiger partial charge in [-0.25, -0.2) is 4.79 Å². The summed E-state index contributed by atoms with van der Waals surface area (Å²) in [4.78, 5) is 61.6. The van der Waals surface area contributed by atoms with Crippen molar-refractivity contribution in [3.05, 3.63) is 59.5 Å². The molecule has 14 nitrogen and oxygen atoms in total. The Labute approximate surface area is 367 Å². The number of aliphatic hydroxyl groups is 4. The lowest BCUT2D eigenvalue weighted by molar-refractivity contribution is -0.208. The van der Waals surface area contributed by atoms with Crippen molar-refractivity contribution in [2.45, 2.75) is 160 Å². The molecule has 11 atom stereocenters. The minimum Gasteiger partial charge on any atom is -0.456 e. The minimum atomic E-state index is -3.03. The van der Waals surface area contributed by atoms with Crippen LogP contribution in [0.2, 0.25) is 0 Å². The number of esters is 1. The number of aromatic nitrogens is 1. The van der Waals surface area contributed by atoms with Crippen LogP contribution in [-0.2, 0) is 38.1 Å². The van der Waals surface area contributed by atoms with Gasteiger partial charge in [-0.05, 0) is 121 Å². The van der Waals surface area contributed by atoms with E-state index in [0.29, 0.717) is 69.8 Å². The van der Waals surface area contributed by atoms with Crippen molar-refractivity contribution in [2.75, 3.05) is 27.9 Å². The first-order chi connectivity index (χ1) is 29.5. The topological polar surface area (TPSA) is 202 Å². The molecule has 3 heterocycles. The highest BCUT2D eigenvalue weighted by atomic mass is 16.5. The molecule has 0 aromatic carbocycles. The van der Waals surface area contributed by atoms with Crippen LogP contribution in [0.5, 0.6) is 0 Å². The molecule has 4 rings (SSSR count). The number of allylic oxidation sites excluding steroid dienone is 3. The number of Topliss-reactive ketones (excluding diaryl/α,β-unsaturated/α-hetero) is 2. The smallest absolute Gasteiger partial charge is 0.329 e. The summed E-state index contributed by atoms with van der Waals surface area (Å²) in [6.07, 6.45) is 10.8. The molecule has 0 unspecified atom stereocenters. The van der Waals surface area contributed by atoms with Crippen molar-refractivity contribution in [1.29, 1.82) is 0 Å². The highest BCUT2D eigenvalue weighted by molar-refractivity contribution is 6.39. The van der Waals surface area contributed by atoms with Crippen molar-refractivity contribution in [3.8, 4) is 0 Å². The van der Waals surface area contributed by atoms with Gasteiger partial charge in [-0.2, -0.15) is 0 Å². The summed E-state index contributed by atoms with van der Waals surface area (Å²) in [7, 11) is 4.69. The van der Waals surface area contributed by atoms with Gasteiger partial charge in [0.05, 0.1) is 36.2 Å². The number of hydrogen-bond acceptors (Lipinski definition) is 13. The number of aliphatic hydroxyl groups excluding tert-OH is 2. The van der Waals surface area contributed by atoms with Crippen molar-refractivity contribution < 1.29 is 58.6 Å². The first kappa shape index (κ1) is 51.0. The number of fused-ring (bicyclic) bond motifs is 1. The van der Waals surface area contributed by atoms with E-state index in [0.717, 1.165) is 16.2 Å². The quantitative estimate of drug-likeness (QED) is 0.114. The first-order valence-electron chi connectivity index (χ1n) is 22.4. The molecule has 346 valence electrons. The van der Waals surface area contributed by atoms with Gasteiger partial charge in [-0.3, -0.25) is 19.4 Å². The Balaban J connectivity index is 1.74. The maximum Gasteiger partial charge on any atom is 0.329 e. The molecule has 1 aliphatic carbocycles. The predicted molar refractivity (Wildman–Crippen MR) is 233 cm³/mol. The average Bonchev–Trinajstić information content (AvgIpc) is 3.26. The molecule has 2 fully saturated rings. The number of cyclic esters (lactones) is 1. The van der Waals surface area contributed by atoms with E-state index < -0.39 is 71.7 Å². The number of carbonyl (C=O) groups is 4. The average molecular weight is 869 g/mol. The third kappa shape index (κ3) is 14.2. The Hall–Kier alpha value is -3.63. The van der Waals surface area contributed by atoms with Gasteiger partial charge in [0.15, 0.2) is 0 Å². The molecule has 1 aromatic rings. The highest BCUT2D eigenvalue weighted by Gasteiger charge is 2.48. The van der Waals surface area contributed by atoms with Crippen LogP contribution in [0.15, 0.2) is 53.8 Å². The summed E-state index contributed by atoms with van der Waals surface area (Å²) in [6.45, 7) is 6.95. The number of ether oxygens (including phenoxy) is 4. The SMILES string of the molecule is CO[C@@H]1CCC[C@@H](OC)C[C@@H](C)C(O)(O)C(=O)C(=O)N2CCCC[C@H]2C(=O)O[C@H](/C(C)=C/[C@@H]2CC[C@@H](O)[C@H](OC)C2)[C@H](C)[C@@H](O)CC(=O)[C@H](C/C=C/c2ccccn2)/C=C(\C)C1. The van der Waals surface area contributed by atoms with Crippen molar-refractivity contribution in [2.24, 2.45) is 23.7 Å². The molecule has 0 bridgehead atoms. The molecular formula is C48H72N2O12. The fourth-order valence-corrected chi connectivity index (χ4v) is 9.15. The van der Waals surface area contributed by atoms with Crippen LogP contribution in [0.4, 0.5) is 0 Å². The van der Waals surface area contributed by atoms with Gasteiger partial charge in [0, 0.05) is 58.2 Å². The number of nitrogens with zero attached hydrogens (tertiary/aromatic N) is 2. The lowest BCUT2D eigenvalue weighted by Gasteiger charge is -2.38. The lowest BCUT2D eigenvalue weighted by Crippen LogP contribution is -2.58. The minimum absolute atomic E-state index is 0.0221. The van der Waals surface area contributed by atoms with Gasteiger partial charge in [0.1, 0.15) is 17.9 Å². The molecule has 14 heteroatoms. The summed E-state index contributed by atoms with van der Waals surface area (Å²) in [5.74, 6) is -9.20. The molecule has 0 radical (unpaired) electrons. The largest absolute Gasteiger partial charge is 0.456 e. The molecule has 4 N–H and O–H groups in total. The first-order valence-corrected chi connectivity index (χ1v) is 22.4. The van der Waals surface area contributed by atoms with Gasteiger partial charge in [0.2, 0.25) is 5.79 Å². The maximum absolute atomic E-state index is 14.3. The molecule has 0 spiro atoms. The van der Waals surface area contributed by atoms with Crippen LogP contribution in [0, 0.1) is 23.7 Å². The number of ketones is 2. The molecule has 3 aliphatic rings. The van der Waals surface area contributed by atoms with E-state index in [-0.39, 0.29) is 49.7 Å². The fourth-order valence-electron chi connectivity index (χ4n) is 9.15. The van der Waals surface area contributed by atoms with E-state index in [9.17, 15) is 39.6 Å². The van der Waals surface area contributed by atoms with Gasteiger partial charge in [-0.1, -0.05) is 43.7 Å². The maximum atomic E-state index is 14.3. The van der Waals surface area contributed by atoms with Gasteiger partial charge >= 0.3 is 5.97 Å². The number of pyridine rings is 1. The van der Waals surface area contributed by atoms with Crippen LogP contribution in [0.25, 0.3) is 6.08 Å². The Morgan fingerprint density at radius 2 is 1.63 bits per heavy atom. The number of carbonyl (C=O) groups excluding carboxylic acids is 4. The Kier molecular flexibility index (Phi) is 20.1. The number of piperidine rings is 1. The molecule has 1 aromatic heterocycles. The number of hydrogen-bond donors (Lipinski definition) is 4. The van der Waals surface area contributed by atoms with E-state index in [2.05, 4.69) is 4.98 Å². The molecule has 62 heavy (non-hydrogen) atoms. The third-order valence-electron chi connectivity index (χ3n) is 13.2. The second-order valence-electron chi connectivity index (χ2n) is 17.8. The van der Waals surface area contributed by atoms with Crippen molar-refractivity contribution in [3.63, 3.8) is 0 Å². The van der Waals surface area contributed by atoms with E-state index in [1.165, 1.54) is 14.0 Å². The van der Waals surface area contributed by atoms with Crippen molar-refractivity contribution in [1.82, 2.24) is 9.88 Å². The molecule has 1 saturated heterocycles. The molecule has 2 aliphatic heterocycles. The summed E-state index contributed by atoms with van der Waals surface area (Å²) in [5.41, 5.74) is 2.29. The highest BCUT2D eigenvalue weighted by Crippen LogP contribution is 2.33. The summed E-state index contributed by atoms with van der Waals surface area (Å²) < 4.78 is 23.3. The lowest BCUT2D eigenvalue weighted by atomic mass is 9.81. The molecular weight excluding hydrogens is 797 g/mol. The van der Waals surface area contributed by atoms with E-state index in [4.69, 9.17) is 18.9 Å². The zero-order valence-electron chi connectivity index (χ0n) is 37.8. The van der Waals surface area contributed by atoms with Crippen LogP contribution >= 0.6 is 0 Å². The molecule has 1 amide bonds. The normalized spacial score (nSPS) is 34.3. The fraction of sp³-hybridized carbons (Fsp3) is 0.688. The van der Waals surface area contributed by atoms with Crippen LogP contribution in [0.3, 0.4) is 0 Å². The third-order valence-corrected chi connectivity index (χ3v) is 13.2. The monoisotopic (exact) mass is 869 g/mol. The second-order valence-corrected chi connectivity index (χ2v) is 17.8. The van der Waals surface area contributed by atoms with Crippen LogP contribution in [0.1, 0.15) is 117 Å². The Bertz CT molecular complexity index is 1710. The standard InChI is InChI=1S/C48H72N2O12/c1-30-24-35(14-12-16-36-15-8-10-22-49-36)42(53)29-41(52)33(4)44(31(2)26-34-20-21-40(51)43(28-34)61-7)62-47(56)39-19-9-11-23-50(39)46(55)45(54)48(57,58)32(3)27-38(60-6)18-13-17-37(25-30)59-5/h8,10,12,15-16,22,24,26,32-35,37-41,43-44,51-52,57-58H,9,11,13-14,17-21,23,25,27-29H2,1-7H3/b16-12+,30-24+,31-26+/t32-,33-,34+,35-,37-,38-,39+,40-,41+,43-,44-/m1/s1. The van der Waals surface area contributed by atoms with E-state index >= 15 is 0 Å². The Morgan fingerprint density at radius 3 is 2.31 bits per heavy atom. The second kappa shape index (κ2) is 24.4. The Morgan fingerprint density at radius 1 is 0.903 bits per heavy atom. The number of rotatable bonds is 8. The van der Waals surface area contributed by atoms with Gasteiger partial charge < -0.3 is 44.3 Å². The van der Waals surface area contributed by atoms with E-state index in [1.54, 1.807) is 34.3 Å². The predicted octanol–water partition coefficient (Wildman–Crippen LogP) is 5.30. The number of methoxy groups -OCH3 is 3.